The highest BCUT2D eigenvalue weighted by molar-refractivity contribution is 6.00. The summed E-state index contributed by atoms with van der Waals surface area (Å²) in [6.45, 7) is 7.64. The van der Waals surface area contributed by atoms with Crippen molar-refractivity contribution in [2.75, 3.05) is 35.0 Å². The van der Waals surface area contributed by atoms with E-state index in [2.05, 4.69) is 9.97 Å². The fourth-order valence-corrected chi connectivity index (χ4v) is 7.34. The molecule has 5 heterocycles. The van der Waals surface area contributed by atoms with E-state index in [0.717, 1.165) is 27.9 Å². The van der Waals surface area contributed by atoms with E-state index in [1.54, 1.807) is 6.07 Å². The Balaban J connectivity index is 1.99. The van der Waals surface area contributed by atoms with Crippen LogP contribution >= 0.6 is 0 Å². The van der Waals surface area contributed by atoms with E-state index in [1.165, 1.54) is 28.4 Å². The normalized spacial score (nSPS) is 15.4. The highest BCUT2D eigenvalue weighted by atomic mass is 16.5. The van der Waals surface area contributed by atoms with Gasteiger partial charge in [0, 0.05) is 57.6 Å². The number of carbonyl (C=O) groups excluding carboxylic acids is 4. The lowest BCUT2D eigenvalue weighted by molar-refractivity contribution is -0.141. The van der Waals surface area contributed by atoms with E-state index in [9.17, 15) is 29.4 Å². The Bertz CT molecular complexity index is 2200. The molecule has 8 bridgehead atoms. The number of hydrogen-bond donors (Lipinski definition) is 4. The van der Waals surface area contributed by atoms with Crippen LogP contribution in [0.1, 0.15) is 96.9 Å². The van der Waals surface area contributed by atoms with Crippen LogP contribution in [-0.2, 0) is 56.4 Å². The Morgan fingerprint density at radius 2 is 1.24 bits per heavy atom. The first-order chi connectivity index (χ1) is 26.1. The molecule has 0 fully saturated rings. The molecular weight excluding hydrogens is 708 g/mol. The Kier molecular flexibility index (Phi) is 12.6. The predicted molar refractivity (Wildman–Crippen MR) is 205 cm³/mol. The first kappa shape index (κ1) is 40.8. The zero-order valence-corrected chi connectivity index (χ0v) is 32.7. The van der Waals surface area contributed by atoms with Crippen molar-refractivity contribution in [1.82, 2.24) is 19.9 Å². The van der Waals surface area contributed by atoms with Crippen LogP contribution in [-0.4, -0.2) is 95.2 Å². The van der Waals surface area contributed by atoms with E-state index >= 15 is 0 Å². The maximum atomic E-state index is 13.0. The summed E-state index contributed by atoms with van der Waals surface area (Å²) in [5.41, 5.74) is 8.67. The minimum atomic E-state index is -1.01. The maximum absolute atomic E-state index is 13.0. The molecule has 0 aliphatic carbocycles. The second-order valence-electron chi connectivity index (χ2n) is 14.5. The minimum Gasteiger partial charge on any atom is -0.469 e. The van der Waals surface area contributed by atoms with Crippen molar-refractivity contribution >= 4 is 57.1 Å². The lowest BCUT2D eigenvalue weighted by Gasteiger charge is -2.28. The van der Waals surface area contributed by atoms with Crippen molar-refractivity contribution in [2.24, 2.45) is 0 Å². The molecule has 2 unspecified atom stereocenters. The van der Waals surface area contributed by atoms with E-state index in [0.29, 0.717) is 50.4 Å². The number of aryl methyl sites for hydroxylation is 3. The van der Waals surface area contributed by atoms with E-state index < -0.39 is 42.0 Å². The van der Waals surface area contributed by atoms with Crippen LogP contribution in [0.5, 0.6) is 0 Å². The standard InChI is InChI=1S/C41H50N4O10/c1-21-22(2)30-19-36-41(3,4)28(13-23(47)20-46)35(45-36)18-34-27(15-40(51)55-8)25(10-12-38(49)53-6)32(44-34)17-31-24(9-11-37(48)52-5)26(14-39(50)54-7)33(43-31)16-29(21)42-30/h16-19,23,28,42,44,46-47H,9-15,20H2,1-8H3. The highest BCUT2D eigenvalue weighted by Gasteiger charge is 2.40. The summed E-state index contributed by atoms with van der Waals surface area (Å²) in [5.74, 6) is -2.24. The Labute approximate surface area is 319 Å². The number of H-pyrrole nitrogens is 2. The SMILES string of the molecule is COC(=O)CCC1=C(CC(=O)OC)c2cc3[nH]c(cc4nc(cc5[nH]c(cc1n2)c(CCC(=O)OC)c5CC(=O)OC)C(CC(O)CO)C4(C)C)c(C)c3C. The van der Waals surface area contributed by atoms with Crippen LogP contribution in [0.4, 0.5) is 0 Å². The highest BCUT2D eigenvalue weighted by Crippen LogP contribution is 2.45. The van der Waals surface area contributed by atoms with Gasteiger partial charge in [-0.25, -0.2) is 4.98 Å². The van der Waals surface area contributed by atoms with E-state index in [-0.39, 0.29) is 50.9 Å². The third-order valence-corrected chi connectivity index (χ3v) is 10.9. The van der Waals surface area contributed by atoms with Gasteiger partial charge in [0.25, 0.3) is 0 Å². The van der Waals surface area contributed by atoms with Gasteiger partial charge in [-0.15, -0.1) is 0 Å². The van der Waals surface area contributed by atoms with Gasteiger partial charge in [-0.2, -0.15) is 0 Å². The number of nitrogens with one attached hydrogen (secondary N) is 2. The molecule has 55 heavy (non-hydrogen) atoms. The molecule has 3 aromatic rings. The fraction of sp³-hybridized carbons (Fsp3) is 0.463. The number of aromatic nitrogens is 4. The van der Waals surface area contributed by atoms with Gasteiger partial charge in [0.15, 0.2) is 0 Å². The van der Waals surface area contributed by atoms with Crippen molar-refractivity contribution in [1.29, 1.82) is 0 Å². The van der Waals surface area contributed by atoms with Gasteiger partial charge in [0.05, 0.1) is 65.4 Å². The number of rotatable bonds is 13. The molecule has 2 atom stereocenters. The third kappa shape index (κ3) is 8.65. The molecule has 0 saturated heterocycles. The van der Waals surface area contributed by atoms with Gasteiger partial charge in [0.1, 0.15) is 0 Å². The molecule has 0 spiro atoms. The third-order valence-electron chi connectivity index (χ3n) is 10.9. The number of aliphatic hydroxyl groups excluding tert-OH is 2. The Morgan fingerprint density at radius 3 is 1.85 bits per heavy atom. The number of allylic oxidation sites excluding steroid dienone is 1. The number of esters is 4. The molecule has 5 rings (SSSR count). The predicted octanol–water partition coefficient (Wildman–Crippen LogP) is 4.98. The summed E-state index contributed by atoms with van der Waals surface area (Å²) in [5, 5.41) is 20.6. The average Bonchev–Trinajstić information content (AvgIpc) is 3.81. The summed E-state index contributed by atoms with van der Waals surface area (Å²) in [6.07, 6.45) is -0.674. The molecule has 294 valence electrons. The van der Waals surface area contributed by atoms with Crippen molar-refractivity contribution < 1.29 is 48.3 Å². The van der Waals surface area contributed by atoms with Crippen LogP contribution in [0.3, 0.4) is 0 Å². The smallest absolute Gasteiger partial charge is 0.310 e. The van der Waals surface area contributed by atoms with Crippen molar-refractivity contribution in [2.45, 2.75) is 90.1 Å². The van der Waals surface area contributed by atoms with Gasteiger partial charge in [-0.05, 0) is 90.8 Å². The summed E-state index contributed by atoms with van der Waals surface area (Å²) in [7, 11) is 5.22. The fourth-order valence-electron chi connectivity index (χ4n) is 7.34. The number of fused-ring (bicyclic) bond motifs is 8. The number of nitrogens with zero attached hydrogens (tertiary/aromatic N) is 2. The Hall–Kier alpha value is -5.34. The zero-order chi connectivity index (χ0) is 40.2. The van der Waals surface area contributed by atoms with E-state index in [1.807, 2.05) is 45.9 Å². The number of ether oxygens (including phenoxy) is 4. The summed E-state index contributed by atoms with van der Waals surface area (Å²) >= 11 is 0. The van der Waals surface area contributed by atoms with Crippen molar-refractivity contribution in [3.63, 3.8) is 0 Å². The molecule has 0 radical (unpaired) electrons. The van der Waals surface area contributed by atoms with Crippen LogP contribution in [0, 0.1) is 13.8 Å². The topological polar surface area (TPSA) is 203 Å². The lowest BCUT2D eigenvalue weighted by atomic mass is 9.74. The maximum Gasteiger partial charge on any atom is 0.310 e. The molecule has 0 amide bonds. The van der Waals surface area contributed by atoms with Crippen molar-refractivity contribution in [3.05, 3.63) is 69.3 Å². The average molecular weight is 759 g/mol. The molecule has 2 aliphatic heterocycles. The summed E-state index contributed by atoms with van der Waals surface area (Å²) in [6, 6.07) is 7.49. The van der Waals surface area contributed by atoms with Gasteiger partial charge >= 0.3 is 23.9 Å². The first-order valence-corrected chi connectivity index (χ1v) is 18.2. The summed E-state index contributed by atoms with van der Waals surface area (Å²) in [4.78, 5) is 68.1. The number of carbonyl (C=O) groups is 4. The number of aromatic amines is 2. The molecule has 0 saturated carbocycles. The molecule has 14 nitrogen and oxygen atoms in total. The van der Waals surface area contributed by atoms with Crippen molar-refractivity contribution in [3.8, 4) is 0 Å². The lowest BCUT2D eigenvalue weighted by Crippen LogP contribution is -2.27. The van der Waals surface area contributed by atoms with Gasteiger partial charge in [-0.1, -0.05) is 13.8 Å². The van der Waals surface area contributed by atoms with Crippen LogP contribution in [0.25, 0.3) is 33.2 Å². The van der Waals surface area contributed by atoms with Crippen LogP contribution < -0.4 is 0 Å². The van der Waals surface area contributed by atoms with Gasteiger partial charge in [-0.3, -0.25) is 24.2 Å². The second kappa shape index (κ2) is 17.0. The molecule has 3 aromatic heterocycles. The molecule has 2 aliphatic rings. The molecule has 4 N–H and O–H groups in total. The molecular formula is C41H50N4O10. The number of hydrogen-bond acceptors (Lipinski definition) is 12. The van der Waals surface area contributed by atoms with E-state index in [4.69, 9.17) is 28.9 Å². The van der Waals surface area contributed by atoms with Crippen LogP contribution in [0.2, 0.25) is 0 Å². The minimum absolute atomic E-state index is 0.00118. The number of methoxy groups -OCH3 is 4. The number of aliphatic hydroxyl groups is 2. The quantitative estimate of drug-likeness (QED) is 0.135. The molecule has 0 aromatic carbocycles. The largest absolute Gasteiger partial charge is 0.469 e. The summed E-state index contributed by atoms with van der Waals surface area (Å²) < 4.78 is 20.1. The van der Waals surface area contributed by atoms with Crippen LogP contribution in [0.15, 0.2) is 24.3 Å². The second-order valence-corrected chi connectivity index (χ2v) is 14.5. The van der Waals surface area contributed by atoms with Gasteiger partial charge in [0.2, 0.25) is 0 Å². The first-order valence-electron chi connectivity index (χ1n) is 18.2. The van der Waals surface area contributed by atoms with Gasteiger partial charge < -0.3 is 39.1 Å². The monoisotopic (exact) mass is 758 g/mol. The molecule has 14 heteroatoms. The zero-order valence-electron chi connectivity index (χ0n) is 32.7. The Morgan fingerprint density at radius 1 is 0.709 bits per heavy atom.